The van der Waals surface area contributed by atoms with Crippen LogP contribution in [0.5, 0.6) is 0 Å². The van der Waals surface area contributed by atoms with Gasteiger partial charge in [0.2, 0.25) is 5.95 Å². The van der Waals surface area contributed by atoms with E-state index in [-0.39, 0.29) is 12.2 Å². The van der Waals surface area contributed by atoms with Gasteiger partial charge in [-0.2, -0.15) is 0 Å². The number of aromatic nitrogens is 2. The zero-order chi connectivity index (χ0) is 18.6. The topological polar surface area (TPSA) is 44.7 Å². The summed E-state index contributed by atoms with van der Waals surface area (Å²) < 4.78 is 5.84. The molecule has 0 spiro atoms. The van der Waals surface area contributed by atoms with Crippen LogP contribution in [0.1, 0.15) is 51.6 Å². The van der Waals surface area contributed by atoms with Gasteiger partial charge >= 0.3 is 0 Å². The van der Waals surface area contributed by atoms with Gasteiger partial charge in [0.25, 0.3) is 0 Å². The lowest BCUT2D eigenvalue weighted by atomic mass is 9.94. The number of anilines is 1. The Labute approximate surface area is 163 Å². The molecule has 0 aromatic carbocycles. The van der Waals surface area contributed by atoms with Crippen molar-refractivity contribution in [1.82, 2.24) is 19.8 Å². The van der Waals surface area contributed by atoms with Crippen molar-refractivity contribution >= 4 is 5.95 Å². The van der Waals surface area contributed by atoms with Crippen molar-refractivity contribution < 1.29 is 4.74 Å². The van der Waals surface area contributed by atoms with Crippen molar-refractivity contribution in [3.8, 4) is 0 Å². The summed E-state index contributed by atoms with van der Waals surface area (Å²) in [6, 6.07) is 2.92. The lowest BCUT2D eigenvalue weighted by Crippen LogP contribution is -2.50. The van der Waals surface area contributed by atoms with Gasteiger partial charge in [0.15, 0.2) is 0 Å². The van der Waals surface area contributed by atoms with E-state index in [1.165, 1.54) is 45.2 Å². The molecule has 2 atom stereocenters. The van der Waals surface area contributed by atoms with Gasteiger partial charge in [0.05, 0.1) is 17.9 Å². The van der Waals surface area contributed by atoms with Gasteiger partial charge in [-0.1, -0.05) is 19.3 Å². The van der Waals surface area contributed by atoms with E-state index in [0.29, 0.717) is 0 Å². The predicted octanol–water partition coefficient (Wildman–Crippen LogP) is 2.54. The molecule has 0 N–H and O–H groups in total. The number of piperazine rings is 1. The molecule has 3 heterocycles. The van der Waals surface area contributed by atoms with Gasteiger partial charge in [-0.05, 0) is 32.8 Å². The summed E-state index contributed by atoms with van der Waals surface area (Å²) in [5.41, 5.74) is 1.14. The highest BCUT2D eigenvalue weighted by Gasteiger charge is 2.26. The van der Waals surface area contributed by atoms with E-state index in [4.69, 9.17) is 9.72 Å². The zero-order valence-electron chi connectivity index (χ0n) is 17.0. The summed E-state index contributed by atoms with van der Waals surface area (Å²) in [5, 5.41) is 0. The lowest BCUT2D eigenvalue weighted by molar-refractivity contribution is -0.00574. The second-order valence-corrected chi connectivity index (χ2v) is 8.61. The van der Waals surface area contributed by atoms with Gasteiger partial charge in [0.1, 0.15) is 0 Å². The zero-order valence-corrected chi connectivity index (χ0v) is 17.0. The Morgan fingerprint density at radius 1 is 1.00 bits per heavy atom. The van der Waals surface area contributed by atoms with E-state index >= 15 is 0 Å². The molecule has 3 fully saturated rings. The van der Waals surface area contributed by atoms with Crippen LogP contribution in [0.3, 0.4) is 0 Å². The molecule has 4 rings (SSSR count). The number of rotatable bonds is 4. The van der Waals surface area contributed by atoms with E-state index in [1.807, 2.05) is 6.20 Å². The minimum atomic E-state index is 0.230. The molecule has 6 heteroatoms. The first-order valence-corrected chi connectivity index (χ1v) is 10.9. The van der Waals surface area contributed by atoms with Crippen LogP contribution in [0.25, 0.3) is 0 Å². The van der Waals surface area contributed by atoms with Gasteiger partial charge in [-0.15, -0.1) is 0 Å². The molecule has 1 aromatic heterocycles. The third-order valence-corrected chi connectivity index (χ3v) is 6.29. The van der Waals surface area contributed by atoms with Crippen LogP contribution in [0.4, 0.5) is 5.95 Å². The Morgan fingerprint density at radius 2 is 1.70 bits per heavy atom. The Hall–Kier alpha value is -1.24. The molecular weight excluding hydrogens is 338 g/mol. The Morgan fingerprint density at radius 3 is 2.41 bits per heavy atom. The second kappa shape index (κ2) is 8.84. The van der Waals surface area contributed by atoms with E-state index in [1.54, 1.807) is 0 Å². The van der Waals surface area contributed by atoms with Gasteiger partial charge in [-0.25, -0.2) is 9.97 Å². The van der Waals surface area contributed by atoms with Gasteiger partial charge in [-0.3, -0.25) is 9.80 Å². The molecule has 6 nitrogen and oxygen atoms in total. The molecule has 27 heavy (non-hydrogen) atoms. The highest BCUT2D eigenvalue weighted by molar-refractivity contribution is 5.31. The summed E-state index contributed by atoms with van der Waals surface area (Å²) in [6.07, 6.45) is 9.48. The summed E-state index contributed by atoms with van der Waals surface area (Å²) in [4.78, 5) is 17.0. The van der Waals surface area contributed by atoms with Crippen molar-refractivity contribution in [2.24, 2.45) is 0 Å². The standard InChI is InChI=1S/C21H35N5O/c1-17-14-26(15-18(2)27-17)21-22-9-8-19(23-21)16-24-10-12-25(13-11-24)20-6-4-3-5-7-20/h8-9,17-18,20H,3-7,10-16H2,1-2H3/t17-,18-/m1/s1. The Bertz CT molecular complexity index is 588. The number of hydrogen-bond acceptors (Lipinski definition) is 6. The van der Waals surface area contributed by atoms with Crippen LogP contribution in [0.2, 0.25) is 0 Å². The first kappa shape index (κ1) is 19.1. The summed E-state index contributed by atoms with van der Waals surface area (Å²) >= 11 is 0. The fraction of sp³-hybridized carbons (Fsp3) is 0.810. The van der Waals surface area contributed by atoms with Crippen molar-refractivity contribution in [1.29, 1.82) is 0 Å². The molecule has 2 saturated heterocycles. The normalized spacial score (nSPS) is 29.2. The van der Waals surface area contributed by atoms with Crippen molar-refractivity contribution in [3.63, 3.8) is 0 Å². The Balaban J connectivity index is 1.31. The third-order valence-electron chi connectivity index (χ3n) is 6.29. The minimum absolute atomic E-state index is 0.230. The highest BCUT2D eigenvalue weighted by atomic mass is 16.5. The SMILES string of the molecule is C[C@@H]1CN(c2nccc(CN3CCN(C4CCCCC4)CC3)n2)C[C@@H](C)O1. The van der Waals surface area contributed by atoms with Gasteiger partial charge < -0.3 is 9.64 Å². The molecule has 0 unspecified atom stereocenters. The predicted molar refractivity (Wildman–Crippen MR) is 108 cm³/mol. The fourth-order valence-electron chi connectivity index (χ4n) is 4.93. The van der Waals surface area contributed by atoms with E-state index in [9.17, 15) is 0 Å². The summed E-state index contributed by atoms with van der Waals surface area (Å²) in [5.74, 6) is 0.857. The molecule has 1 aromatic rings. The lowest BCUT2D eigenvalue weighted by Gasteiger charge is -2.40. The fourth-order valence-corrected chi connectivity index (χ4v) is 4.93. The average molecular weight is 374 g/mol. The molecule has 150 valence electrons. The maximum atomic E-state index is 5.84. The van der Waals surface area contributed by atoms with Crippen LogP contribution in [0, 0.1) is 0 Å². The maximum Gasteiger partial charge on any atom is 0.225 e. The van der Waals surface area contributed by atoms with Crippen LogP contribution >= 0.6 is 0 Å². The molecule has 3 aliphatic rings. The molecule has 1 aliphatic carbocycles. The molecule has 0 radical (unpaired) electrons. The highest BCUT2D eigenvalue weighted by Crippen LogP contribution is 2.24. The molecule has 1 saturated carbocycles. The average Bonchev–Trinajstić information content (AvgIpc) is 2.69. The quantitative estimate of drug-likeness (QED) is 0.808. The van der Waals surface area contributed by atoms with E-state index in [0.717, 1.165) is 50.4 Å². The molecule has 0 amide bonds. The maximum absolute atomic E-state index is 5.84. The van der Waals surface area contributed by atoms with Crippen LogP contribution < -0.4 is 4.90 Å². The van der Waals surface area contributed by atoms with Crippen LogP contribution in [0.15, 0.2) is 12.3 Å². The monoisotopic (exact) mass is 373 g/mol. The number of morpholine rings is 1. The molecule has 0 bridgehead atoms. The van der Waals surface area contributed by atoms with E-state index < -0.39 is 0 Å². The first-order chi connectivity index (χ1) is 13.2. The summed E-state index contributed by atoms with van der Waals surface area (Å²) in [6.45, 7) is 11.6. The summed E-state index contributed by atoms with van der Waals surface area (Å²) in [7, 11) is 0. The number of hydrogen-bond donors (Lipinski definition) is 0. The largest absolute Gasteiger partial charge is 0.372 e. The minimum Gasteiger partial charge on any atom is -0.372 e. The third kappa shape index (κ3) is 4.98. The number of nitrogens with zero attached hydrogens (tertiary/aromatic N) is 5. The number of ether oxygens (including phenoxy) is 1. The van der Waals surface area contributed by atoms with Crippen molar-refractivity contribution in [3.05, 3.63) is 18.0 Å². The van der Waals surface area contributed by atoms with E-state index in [2.05, 4.69) is 39.6 Å². The van der Waals surface area contributed by atoms with Crippen molar-refractivity contribution in [2.45, 2.75) is 70.7 Å². The van der Waals surface area contributed by atoms with Gasteiger partial charge in [0, 0.05) is 58.1 Å². The Kier molecular flexibility index (Phi) is 6.25. The van der Waals surface area contributed by atoms with Crippen LogP contribution in [-0.4, -0.2) is 77.3 Å². The second-order valence-electron chi connectivity index (χ2n) is 8.61. The van der Waals surface area contributed by atoms with Crippen LogP contribution in [-0.2, 0) is 11.3 Å². The molecular formula is C21H35N5O. The first-order valence-electron chi connectivity index (χ1n) is 10.9. The molecule has 2 aliphatic heterocycles. The smallest absolute Gasteiger partial charge is 0.225 e. The van der Waals surface area contributed by atoms with Crippen molar-refractivity contribution in [2.75, 3.05) is 44.2 Å².